The van der Waals surface area contributed by atoms with Gasteiger partial charge in [-0.1, -0.05) is 13.8 Å². The first-order valence-electron chi connectivity index (χ1n) is 4.61. The Morgan fingerprint density at radius 1 is 1.33 bits per heavy atom. The fourth-order valence-electron chi connectivity index (χ4n) is 0.855. The summed E-state index contributed by atoms with van der Waals surface area (Å²) in [7, 11) is 0. The van der Waals surface area contributed by atoms with Crippen LogP contribution in [0.4, 0.5) is 0 Å². The van der Waals surface area contributed by atoms with Crippen molar-refractivity contribution in [3.8, 4) is 0 Å². The molecule has 0 bridgehead atoms. The van der Waals surface area contributed by atoms with Crippen molar-refractivity contribution in [3.63, 3.8) is 0 Å². The van der Waals surface area contributed by atoms with Crippen LogP contribution in [0.2, 0.25) is 0 Å². The molecule has 0 aromatic carbocycles. The van der Waals surface area contributed by atoms with Crippen LogP contribution in [0.1, 0.15) is 26.7 Å². The van der Waals surface area contributed by atoms with Gasteiger partial charge in [-0.2, -0.15) is 23.5 Å². The highest BCUT2D eigenvalue weighted by molar-refractivity contribution is 8.00. The molecule has 1 N–H and O–H groups in total. The lowest BCUT2D eigenvalue weighted by Gasteiger charge is -2.08. The van der Waals surface area contributed by atoms with Gasteiger partial charge in [-0.15, -0.1) is 0 Å². The molecule has 0 saturated carbocycles. The summed E-state index contributed by atoms with van der Waals surface area (Å²) in [6.45, 7) is 4.72. The molecule has 0 aromatic heterocycles. The Morgan fingerprint density at radius 3 is 2.67 bits per heavy atom. The molecule has 0 aliphatic rings. The maximum Gasteiger partial charge on any atom is 0.0441 e. The third-order valence-electron chi connectivity index (χ3n) is 1.58. The van der Waals surface area contributed by atoms with Crippen molar-refractivity contribution in [2.24, 2.45) is 0 Å². The summed E-state index contributed by atoms with van der Waals surface area (Å²) < 4.78 is 0. The average molecular weight is 208 g/mol. The molecule has 0 aliphatic heterocycles. The number of hydrogen-bond donors (Lipinski definition) is 1. The van der Waals surface area contributed by atoms with Crippen LogP contribution in [0, 0.1) is 0 Å². The number of hydrogen-bond acceptors (Lipinski definition) is 3. The fourth-order valence-corrected chi connectivity index (χ4v) is 2.66. The van der Waals surface area contributed by atoms with Gasteiger partial charge >= 0.3 is 0 Å². The van der Waals surface area contributed by atoms with Gasteiger partial charge in [-0.25, -0.2) is 0 Å². The van der Waals surface area contributed by atoms with Gasteiger partial charge in [0.15, 0.2) is 0 Å². The monoisotopic (exact) mass is 208 g/mol. The molecule has 0 saturated heterocycles. The normalized spacial score (nSPS) is 13.2. The molecule has 1 unspecified atom stereocenters. The maximum atomic E-state index is 8.66. The van der Waals surface area contributed by atoms with E-state index in [2.05, 4.69) is 13.8 Å². The lowest BCUT2D eigenvalue weighted by atomic mass is 10.3. The first kappa shape index (κ1) is 12.7. The summed E-state index contributed by atoms with van der Waals surface area (Å²) in [6, 6.07) is 0. The van der Waals surface area contributed by atoms with Gasteiger partial charge in [-0.05, 0) is 30.1 Å². The predicted molar refractivity (Wildman–Crippen MR) is 61.2 cm³/mol. The molecule has 12 heavy (non-hydrogen) atoms. The van der Waals surface area contributed by atoms with Crippen molar-refractivity contribution in [1.82, 2.24) is 0 Å². The van der Waals surface area contributed by atoms with E-state index in [0.29, 0.717) is 11.9 Å². The molecule has 74 valence electrons. The van der Waals surface area contributed by atoms with Gasteiger partial charge in [0.2, 0.25) is 0 Å². The van der Waals surface area contributed by atoms with Crippen LogP contribution >= 0.6 is 23.5 Å². The van der Waals surface area contributed by atoms with Crippen LogP contribution in [-0.4, -0.2) is 34.2 Å². The molecule has 0 rings (SSSR count). The Bertz CT molecular complexity index is 88.6. The fraction of sp³-hybridized carbons (Fsp3) is 1.00. The molecular weight excluding hydrogens is 188 g/mol. The zero-order chi connectivity index (χ0) is 9.23. The van der Waals surface area contributed by atoms with Gasteiger partial charge in [0.1, 0.15) is 0 Å². The zero-order valence-corrected chi connectivity index (χ0v) is 9.72. The van der Waals surface area contributed by atoms with Gasteiger partial charge in [0.05, 0.1) is 0 Å². The van der Waals surface area contributed by atoms with Crippen molar-refractivity contribution in [1.29, 1.82) is 0 Å². The van der Waals surface area contributed by atoms with E-state index >= 15 is 0 Å². The van der Waals surface area contributed by atoms with Crippen LogP contribution in [0.5, 0.6) is 0 Å². The van der Waals surface area contributed by atoms with Crippen LogP contribution < -0.4 is 0 Å². The first-order valence-corrected chi connectivity index (χ1v) is 6.81. The van der Waals surface area contributed by atoms with Crippen molar-refractivity contribution in [2.75, 3.05) is 23.9 Å². The molecule has 0 amide bonds. The second kappa shape index (κ2) is 9.75. The second-order valence-electron chi connectivity index (χ2n) is 2.74. The number of aliphatic hydroxyl groups excluding tert-OH is 1. The Hall–Kier alpha value is 0.660. The number of thioether (sulfide) groups is 2. The Labute approximate surface area is 84.7 Å². The van der Waals surface area contributed by atoms with Gasteiger partial charge in [0.25, 0.3) is 0 Å². The average Bonchev–Trinajstić information content (AvgIpc) is 2.05. The second-order valence-corrected chi connectivity index (χ2v) is 5.68. The third-order valence-corrected chi connectivity index (χ3v) is 3.89. The van der Waals surface area contributed by atoms with E-state index in [0.717, 1.165) is 6.42 Å². The largest absolute Gasteiger partial charge is 0.396 e. The van der Waals surface area contributed by atoms with Gasteiger partial charge in [-0.3, -0.25) is 0 Å². The summed E-state index contributed by atoms with van der Waals surface area (Å²) in [5, 5.41) is 9.29. The van der Waals surface area contributed by atoms with Crippen molar-refractivity contribution >= 4 is 23.5 Å². The smallest absolute Gasteiger partial charge is 0.0441 e. The van der Waals surface area contributed by atoms with Gasteiger partial charge in [0, 0.05) is 11.9 Å². The highest BCUT2D eigenvalue weighted by atomic mass is 32.2. The molecule has 0 aliphatic carbocycles. The van der Waals surface area contributed by atoms with E-state index in [-0.39, 0.29) is 0 Å². The van der Waals surface area contributed by atoms with E-state index in [4.69, 9.17) is 5.11 Å². The first-order chi connectivity index (χ1) is 5.81. The van der Waals surface area contributed by atoms with E-state index in [1.165, 1.54) is 23.7 Å². The Kier molecular flexibility index (Phi) is 10.3. The van der Waals surface area contributed by atoms with Crippen LogP contribution in [0.25, 0.3) is 0 Å². The third kappa shape index (κ3) is 8.75. The quantitative estimate of drug-likeness (QED) is 0.619. The molecule has 0 fully saturated rings. The van der Waals surface area contributed by atoms with E-state index in [9.17, 15) is 0 Å². The van der Waals surface area contributed by atoms with Crippen LogP contribution in [0.3, 0.4) is 0 Å². The van der Waals surface area contributed by atoms with E-state index < -0.39 is 0 Å². The highest BCUT2D eigenvalue weighted by Crippen LogP contribution is 2.15. The maximum absolute atomic E-state index is 8.66. The minimum atomic E-state index is 0.331. The summed E-state index contributed by atoms with van der Waals surface area (Å²) in [5.74, 6) is 3.76. The standard InChI is InChI=1S/C9H20OS2/c1-3-11-7-4-8-12-9(2)5-6-10/h9-10H,3-8H2,1-2H3. The lowest BCUT2D eigenvalue weighted by molar-refractivity contribution is 0.289. The summed E-state index contributed by atoms with van der Waals surface area (Å²) >= 11 is 3.99. The molecule has 0 radical (unpaired) electrons. The zero-order valence-electron chi connectivity index (χ0n) is 8.08. The van der Waals surface area contributed by atoms with Crippen LogP contribution in [0.15, 0.2) is 0 Å². The van der Waals surface area contributed by atoms with Crippen molar-refractivity contribution < 1.29 is 5.11 Å². The van der Waals surface area contributed by atoms with E-state index in [1.807, 2.05) is 23.5 Å². The van der Waals surface area contributed by atoms with Crippen molar-refractivity contribution in [2.45, 2.75) is 31.9 Å². The summed E-state index contributed by atoms with van der Waals surface area (Å²) in [5.41, 5.74) is 0. The highest BCUT2D eigenvalue weighted by Gasteiger charge is 2.00. The van der Waals surface area contributed by atoms with Crippen LogP contribution in [-0.2, 0) is 0 Å². The SMILES string of the molecule is CCSCCCSC(C)CCO. The minimum absolute atomic E-state index is 0.331. The molecular formula is C9H20OS2. The van der Waals surface area contributed by atoms with Gasteiger partial charge < -0.3 is 5.11 Å². The number of aliphatic hydroxyl groups is 1. The topological polar surface area (TPSA) is 20.2 Å². The summed E-state index contributed by atoms with van der Waals surface area (Å²) in [6.07, 6.45) is 2.24. The molecule has 0 spiro atoms. The predicted octanol–water partition coefficient (Wildman–Crippen LogP) is 2.63. The molecule has 1 nitrogen and oxygen atoms in total. The minimum Gasteiger partial charge on any atom is -0.396 e. The Balaban J connectivity index is 2.97. The molecule has 0 aromatic rings. The molecule has 1 atom stereocenters. The van der Waals surface area contributed by atoms with Crippen molar-refractivity contribution in [3.05, 3.63) is 0 Å². The molecule has 3 heteroatoms. The Morgan fingerprint density at radius 2 is 2.08 bits per heavy atom. The van der Waals surface area contributed by atoms with E-state index in [1.54, 1.807) is 0 Å². The molecule has 0 heterocycles. The lowest BCUT2D eigenvalue weighted by Crippen LogP contribution is -2.00. The number of rotatable bonds is 8. The summed E-state index contributed by atoms with van der Waals surface area (Å²) in [4.78, 5) is 0.